The first-order valence-corrected chi connectivity index (χ1v) is 22.2. The van der Waals surface area contributed by atoms with Crippen molar-refractivity contribution < 1.29 is 33.3 Å². The van der Waals surface area contributed by atoms with Gasteiger partial charge >= 0.3 is 11.9 Å². The summed E-state index contributed by atoms with van der Waals surface area (Å²) in [7, 11) is -0.965. The second kappa shape index (κ2) is 16.8. The van der Waals surface area contributed by atoms with Gasteiger partial charge in [-0.3, -0.25) is 9.80 Å². The van der Waals surface area contributed by atoms with Gasteiger partial charge in [-0.2, -0.15) is 0 Å². The molecule has 2 aromatic heterocycles. The van der Waals surface area contributed by atoms with Crippen molar-refractivity contribution in [2.75, 3.05) is 39.4 Å². The van der Waals surface area contributed by atoms with Crippen LogP contribution in [0.3, 0.4) is 0 Å². The summed E-state index contributed by atoms with van der Waals surface area (Å²) in [5, 5.41) is 19.7. The Bertz CT molecular complexity index is 2380. The molecule has 288 valence electrons. The Balaban J connectivity index is 0.000000172. The third kappa shape index (κ3) is 9.34. The Kier molecular flexibility index (Phi) is 11.6. The molecule has 56 heavy (non-hydrogen) atoms. The maximum Gasteiger partial charge on any atom is 0.336 e. The number of carboxylic acids is 2. The molecule has 0 saturated carbocycles. The SMILES string of the molecule is C[Si]1(C)CCN(Cc2ccc(-c3cc(C(=O)O)c4cc(F)ccc4n3)cc2)CC1.O=C(O)c1cc(-c2ccc(CN3CCOCC3)cc2)nc2ccc(F)cc12. The molecular formula is C44H44F2N4O5Si. The standard InChI is InChI=1S/C23H25FN2O2Si.C21H19FN2O3/c1-29(2)11-9-26(10-12-29)15-16-3-5-17(6-4-16)22-14-20(23(27)28)19-13-18(24)7-8-21(19)25-22;22-16-5-6-19-17(11-16)18(21(25)26)12-20(23-19)15-3-1-14(2-4-15)13-24-7-9-27-10-8-24/h3-8,13-14H,9-12,15H2,1-2H3,(H,27,28);1-6,11-12H,7-10,13H2,(H,25,26). The van der Waals surface area contributed by atoms with Gasteiger partial charge in [-0.1, -0.05) is 61.6 Å². The number of aromatic nitrogens is 2. The van der Waals surface area contributed by atoms with Gasteiger partial charge in [0.2, 0.25) is 0 Å². The Labute approximate surface area is 325 Å². The molecule has 8 rings (SSSR count). The molecule has 0 spiro atoms. The van der Waals surface area contributed by atoms with Crippen molar-refractivity contribution in [1.29, 1.82) is 0 Å². The number of halogens is 2. The van der Waals surface area contributed by atoms with Crippen molar-refractivity contribution in [3.05, 3.63) is 131 Å². The number of hydrogen-bond donors (Lipinski definition) is 2. The highest BCUT2D eigenvalue weighted by molar-refractivity contribution is 6.77. The van der Waals surface area contributed by atoms with E-state index in [1.54, 1.807) is 0 Å². The number of ether oxygens (including phenoxy) is 1. The number of carbonyl (C=O) groups is 2. The Morgan fingerprint density at radius 2 is 1.04 bits per heavy atom. The summed E-state index contributed by atoms with van der Waals surface area (Å²) < 4.78 is 32.4. The molecule has 0 aliphatic carbocycles. The molecule has 2 saturated heterocycles. The van der Waals surface area contributed by atoms with Crippen LogP contribution in [0.15, 0.2) is 97.1 Å². The van der Waals surface area contributed by atoms with Crippen LogP contribution in [0.5, 0.6) is 0 Å². The van der Waals surface area contributed by atoms with Gasteiger partial charge in [0.15, 0.2) is 0 Å². The van der Waals surface area contributed by atoms with Crippen LogP contribution < -0.4 is 0 Å². The van der Waals surface area contributed by atoms with Crippen LogP contribution in [0.25, 0.3) is 44.3 Å². The minimum atomic E-state index is -1.10. The molecular weight excluding hydrogens is 731 g/mol. The summed E-state index contributed by atoms with van der Waals surface area (Å²) in [5.74, 6) is -3.13. The summed E-state index contributed by atoms with van der Waals surface area (Å²) in [5.41, 5.74) is 6.31. The van der Waals surface area contributed by atoms with Crippen LogP contribution in [-0.4, -0.2) is 89.4 Å². The van der Waals surface area contributed by atoms with Crippen molar-refractivity contribution in [3.63, 3.8) is 0 Å². The van der Waals surface area contributed by atoms with E-state index in [0.717, 1.165) is 50.5 Å². The second-order valence-corrected chi connectivity index (χ2v) is 20.6. The molecule has 2 N–H and O–H groups in total. The van der Waals surface area contributed by atoms with E-state index < -0.39 is 31.6 Å². The molecule has 2 aliphatic heterocycles. The topological polar surface area (TPSA) is 116 Å². The smallest absolute Gasteiger partial charge is 0.336 e. The fraction of sp³-hybridized carbons (Fsp3) is 0.273. The first kappa shape index (κ1) is 38.9. The van der Waals surface area contributed by atoms with E-state index in [4.69, 9.17) is 4.74 Å². The van der Waals surface area contributed by atoms with Gasteiger partial charge < -0.3 is 14.9 Å². The zero-order valence-electron chi connectivity index (χ0n) is 31.5. The molecule has 0 atom stereocenters. The molecule has 0 amide bonds. The fourth-order valence-corrected chi connectivity index (χ4v) is 9.29. The average molecular weight is 775 g/mol. The van der Waals surface area contributed by atoms with E-state index in [0.29, 0.717) is 33.2 Å². The van der Waals surface area contributed by atoms with Crippen molar-refractivity contribution in [2.24, 2.45) is 0 Å². The number of benzene rings is 4. The highest BCUT2D eigenvalue weighted by Gasteiger charge is 2.27. The number of pyridine rings is 2. The molecule has 9 nitrogen and oxygen atoms in total. The maximum absolute atomic E-state index is 13.6. The fourth-order valence-electron chi connectivity index (χ4n) is 7.20. The highest BCUT2D eigenvalue weighted by Crippen LogP contribution is 2.29. The number of nitrogens with zero attached hydrogens (tertiary/aromatic N) is 4. The van der Waals surface area contributed by atoms with Gasteiger partial charge in [0, 0.05) is 56.2 Å². The van der Waals surface area contributed by atoms with Crippen LogP contribution in [0.2, 0.25) is 25.2 Å². The van der Waals surface area contributed by atoms with Crippen LogP contribution in [0, 0.1) is 11.6 Å². The molecule has 2 fully saturated rings. The first-order chi connectivity index (χ1) is 26.9. The van der Waals surface area contributed by atoms with E-state index >= 15 is 0 Å². The van der Waals surface area contributed by atoms with Gasteiger partial charge in [0.05, 0.1) is 46.8 Å². The minimum absolute atomic E-state index is 0.0480. The summed E-state index contributed by atoms with van der Waals surface area (Å²) in [6.45, 7) is 12.4. The molecule has 0 unspecified atom stereocenters. The first-order valence-electron chi connectivity index (χ1n) is 18.8. The molecule has 4 aromatic carbocycles. The zero-order chi connectivity index (χ0) is 39.4. The molecule has 4 heterocycles. The Morgan fingerprint density at radius 3 is 1.45 bits per heavy atom. The summed E-state index contributed by atoms with van der Waals surface area (Å²) in [6, 6.07) is 29.9. The lowest BCUT2D eigenvalue weighted by molar-refractivity contribution is 0.0342. The number of carboxylic acid groups (broad SMARTS) is 2. The van der Waals surface area contributed by atoms with Gasteiger partial charge in [-0.15, -0.1) is 0 Å². The second-order valence-electron chi connectivity index (χ2n) is 15.3. The number of aromatic carboxylic acids is 2. The van der Waals surface area contributed by atoms with Crippen LogP contribution in [-0.2, 0) is 17.8 Å². The predicted molar refractivity (Wildman–Crippen MR) is 217 cm³/mol. The predicted octanol–water partition coefficient (Wildman–Crippen LogP) is 8.83. The van der Waals surface area contributed by atoms with Gasteiger partial charge in [-0.25, -0.2) is 28.3 Å². The van der Waals surface area contributed by atoms with Crippen molar-refractivity contribution in [3.8, 4) is 22.5 Å². The third-order valence-corrected chi connectivity index (χ3v) is 13.8. The minimum Gasteiger partial charge on any atom is -0.478 e. The van der Waals surface area contributed by atoms with Crippen LogP contribution >= 0.6 is 0 Å². The largest absolute Gasteiger partial charge is 0.478 e. The normalized spacial score (nSPS) is 16.0. The molecule has 0 radical (unpaired) electrons. The lowest BCUT2D eigenvalue weighted by Gasteiger charge is -2.35. The monoisotopic (exact) mass is 774 g/mol. The number of morpholine rings is 1. The number of rotatable bonds is 8. The van der Waals surface area contributed by atoms with E-state index in [2.05, 4.69) is 45.0 Å². The van der Waals surface area contributed by atoms with Gasteiger partial charge in [0.1, 0.15) is 11.6 Å². The van der Waals surface area contributed by atoms with Gasteiger partial charge in [0.25, 0.3) is 0 Å². The Hall–Kier alpha value is -5.40. The number of hydrogen-bond acceptors (Lipinski definition) is 7. The van der Waals surface area contributed by atoms with Crippen LogP contribution in [0.4, 0.5) is 8.78 Å². The van der Waals surface area contributed by atoms with Crippen molar-refractivity contribution in [2.45, 2.75) is 38.3 Å². The van der Waals surface area contributed by atoms with Gasteiger partial charge in [-0.05, 0) is 84.8 Å². The van der Waals surface area contributed by atoms with Crippen LogP contribution in [0.1, 0.15) is 31.8 Å². The van der Waals surface area contributed by atoms with E-state index in [9.17, 15) is 28.6 Å². The third-order valence-electron chi connectivity index (χ3n) is 10.6. The quantitative estimate of drug-likeness (QED) is 0.146. The van der Waals surface area contributed by atoms with Crippen molar-refractivity contribution >= 4 is 41.8 Å². The molecule has 0 bridgehead atoms. The lowest BCUT2D eigenvalue weighted by atomic mass is 10.0. The maximum atomic E-state index is 13.6. The summed E-state index contributed by atoms with van der Waals surface area (Å²) >= 11 is 0. The summed E-state index contributed by atoms with van der Waals surface area (Å²) in [4.78, 5) is 37.2. The van der Waals surface area contributed by atoms with E-state index in [1.165, 1.54) is 84.8 Å². The molecule has 6 aromatic rings. The van der Waals surface area contributed by atoms with E-state index in [1.807, 2.05) is 36.4 Å². The zero-order valence-corrected chi connectivity index (χ0v) is 32.5. The van der Waals surface area contributed by atoms with Crippen molar-refractivity contribution in [1.82, 2.24) is 19.8 Å². The molecule has 12 heteroatoms. The number of fused-ring (bicyclic) bond motifs is 2. The highest BCUT2D eigenvalue weighted by atomic mass is 28.3. The van der Waals surface area contributed by atoms with E-state index in [-0.39, 0.29) is 11.1 Å². The Morgan fingerprint density at radius 1 is 0.625 bits per heavy atom. The summed E-state index contributed by atoms with van der Waals surface area (Å²) in [6.07, 6.45) is 0. The molecule has 2 aliphatic rings. The average Bonchev–Trinajstić information content (AvgIpc) is 3.19. The lowest BCUT2D eigenvalue weighted by Crippen LogP contribution is -2.42.